The zero-order valence-corrected chi connectivity index (χ0v) is 13.0. The van der Waals surface area contributed by atoms with E-state index in [9.17, 15) is 4.79 Å². The van der Waals surface area contributed by atoms with Gasteiger partial charge in [0, 0.05) is 18.5 Å². The molecule has 0 spiro atoms. The summed E-state index contributed by atoms with van der Waals surface area (Å²) in [7, 11) is 4.26. The molecule has 3 unspecified atom stereocenters. The number of carbonyl (C=O) groups is 1. The van der Waals surface area contributed by atoms with E-state index in [1.807, 2.05) is 6.92 Å². The fourth-order valence-corrected chi connectivity index (χ4v) is 3.09. The lowest BCUT2D eigenvalue weighted by atomic mass is 9.75. The first-order valence-electron chi connectivity index (χ1n) is 7.54. The maximum atomic E-state index is 11.9. The molecule has 0 radical (unpaired) electrons. The number of hydrogen-bond donors (Lipinski definition) is 2. The Morgan fingerprint density at radius 3 is 2.74 bits per heavy atom. The van der Waals surface area contributed by atoms with Crippen molar-refractivity contribution in [1.82, 2.24) is 10.2 Å². The predicted octanol–water partition coefficient (Wildman–Crippen LogP) is 1.60. The zero-order chi connectivity index (χ0) is 14.5. The minimum absolute atomic E-state index is 0.136. The molecule has 0 heterocycles. The molecule has 1 aliphatic rings. The summed E-state index contributed by atoms with van der Waals surface area (Å²) in [6.45, 7) is 5.67. The van der Waals surface area contributed by atoms with Crippen LogP contribution in [0.3, 0.4) is 0 Å². The Kier molecular flexibility index (Phi) is 6.27. The molecule has 0 aromatic heterocycles. The summed E-state index contributed by atoms with van der Waals surface area (Å²) in [6.07, 6.45) is 5.46. The van der Waals surface area contributed by atoms with Crippen LogP contribution in [-0.4, -0.2) is 43.5 Å². The fourth-order valence-electron chi connectivity index (χ4n) is 3.09. The van der Waals surface area contributed by atoms with Crippen LogP contribution in [0.4, 0.5) is 0 Å². The summed E-state index contributed by atoms with van der Waals surface area (Å²) in [5, 5.41) is 3.12. The van der Waals surface area contributed by atoms with Gasteiger partial charge in [-0.3, -0.25) is 4.79 Å². The number of likely N-dealkylation sites (N-methyl/N-ethyl adjacent to an activating group) is 1. The molecule has 3 atom stereocenters. The van der Waals surface area contributed by atoms with Crippen LogP contribution in [0.5, 0.6) is 0 Å². The molecule has 4 heteroatoms. The third-order valence-electron chi connectivity index (χ3n) is 4.57. The van der Waals surface area contributed by atoms with E-state index in [2.05, 4.69) is 31.2 Å². The Morgan fingerprint density at radius 1 is 1.53 bits per heavy atom. The van der Waals surface area contributed by atoms with Crippen molar-refractivity contribution in [1.29, 1.82) is 0 Å². The van der Waals surface area contributed by atoms with E-state index in [1.165, 1.54) is 25.7 Å². The molecule has 0 bridgehead atoms. The second-order valence-electron chi connectivity index (χ2n) is 6.64. The van der Waals surface area contributed by atoms with E-state index in [0.29, 0.717) is 13.0 Å². The molecule has 0 saturated heterocycles. The number of nitrogens with one attached hydrogen (secondary N) is 1. The zero-order valence-electron chi connectivity index (χ0n) is 13.0. The summed E-state index contributed by atoms with van der Waals surface area (Å²) < 4.78 is 0. The third-order valence-corrected chi connectivity index (χ3v) is 4.57. The van der Waals surface area contributed by atoms with Crippen LogP contribution in [0.1, 0.15) is 46.0 Å². The highest BCUT2D eigenvalue weighted by atomic mass is 16.1. The lowest BCUT2D eigenvalue weighted by molar-refractivity contribution is -0.122. The van der Waals surface area contributed by atoms with E-state index in [4.69, 9.17) is 5.73 Å². The lowest BCUT2D eigenvalue weighted by Gasteiger charge is -2.45. The number of nitrogens with two attached hydrogens (primary N) is 1. The van der Waals surface area contributed by atoms with Crippen LogP contribution in [-0.2, 0) is 4.79 Å². The number of hydrogen-bond acceptors (Lipinski definition) is 3. The van der Waals surface area contributed by atoms with Crippen molar-refractivity contribution in [3.8, 4) is 0 Å². The number of carbonyl (C=O) groups excluding carboxylic acids is 1. The Bertz CT molecular complexity index is 293. The lowest BCUT2D eigenvalue weighted by Crippen LogP contribution is -2.55. The molecular formula is C15H31N3O. The molecule has 112 valence electrons. The van der Waals surface area contributed by atoms with Gasteiger partial charge in [-0.05, 0) is 45.3 Å². The van der Waals surface area contributed by atoms with Crippen LogP contribution in [0.15, 0.2) is 0 Å². The maximum absolute atomic E-state index is 11.9. The van der Waals surface area contributed by atoms with Crippen molar-refractivity contribution in [3.63, 3.8) is 0 Å². The Balaban J connectivity index is 2.52. The van der Waals surface area contributed by atoms with Gasteiger partial charge in [0.2, 0.25) is 5.91 Å². The van der Waals surface area contributed by atoms with Crippen molar-refractivity contribution in [2.75, 3.05) is 27.2 Å². The normalized spacial score (nSPS) is 29.3. The molecular weight excluding hydrogens is 238 g/mol. The number of rotatable bonds is 6. The molecule has 0 aromatic rings. The molecule has 1 aliphatic carbocycles. The van der Waals surface area contributed by atoms with Crippen LogP contribution in [0, 0.1) is 11.8 Å². The van der Waals surface area contributed by atoms with Gasteiger partial charge in [-0.2, -0.15) is 0 Å². The fraction of sp³-hybridized carbons (Fsp3) is 0.933. The maximum Gasteiger partial charge on any atom is 0.220 e. The van der Waals surface area contributed by atoms with Crippen LogP contribution in [0.25, 0.3) is 0 Å². The van der Waals surface area contributed by atoms with Gasteiger partial charge >= 0.3 is 0 Å². The molecule has 0 aliphatic heterocycles. The van der Waals surface area contributed by atoms with Gasteiger partial charge in [0.1, 0.15) is 0 Å². The Morgan fingerprint density at radius 2 is 2.21 bits per heavy atom. The average Bonchev–Trinajstić information content (AvgIpc) is 2.36. The highest BCUT2D eigenvalue weighted by Crippen LogP contribution is 2.35. The highest BCUT2D eigenvalue weighted by Gasteiger charge is 2.37. The number of amides is 1. The quantitative estimate of drug-likeness (QED) is 0.770. The predicted molar refractivity (Wildman–Crippen MR) is 79.9 cm³/mol. The first-order chi connectivity index (χ1) is 8.89. The van der Waals surface area contributed by atoms with Gasteiger partial charge in [-0.25, -0.2) is 0 Å². The van der Waals surface area contributed by atoms with Crippen LogP contribution in [0.2, 0.25) is 0 Å². The largest absolute Gasteiger partial charge is 0.354 e. The van der Waals surface area contributed by atoms with E-state index in [-0.39, 0.29) is 17.4 Å². The van der Waals surface area contributed by atoms with Gasteiger partial charge in [0.25, 0.3) is 0 Å². The van der Waals surface area contributed by atoms with Gasteiger partial charge in [0.15, 0.2) is 0 Å². The topological polar surface area (TPSA) is 58.4 Å². The van der Waals surface area contributed by atoms with Gasteiger partial charge in [0.05, 0.1) is 0 Å². The van der Waals surface area contributed by atoms with E-state index in [1.54, 1.807) is 0 Å². The molecule has 1 rings (SSSR count). The molecule has 1 saturated carbocycles. The molecule has 1 fully saturated rings. The second-order valence-corrected chi connectivity index (χ2v) is 6.64. The van der Waals surface area contributed by atoms with Gasteiger partial charge in [-0.15, -0.1) is 0 Å². The highest BCUT2D eigenvalue weighted by molar-refractivity contribution is 5.76. The van der Waals surface area contributed by atoms with Crippen molar-refractivity contribution >= 4 is 5.91 Å². The SMILES string of the molecule is CC(CN)CC(=O)NCC1(N(C)C)CCCC(C)C1. The molecule has 3 N–H and O–H groups in total. The summed E-state index contributed by atoms with van der Waals surface area (Å²) in [5.41, 5.74) is 5.70. The standard InChI is InChI=1S/C15H31N3O/c1-12-6-5-7-15(9-12,18(3)4)11-17-14(19)8-13(2)10-16/h12-13H,5-11,16H2,1-4H3,(H,17,19). The molecule has 0 aromatic carbocycles. The molecule has 1 amide bonds. The summed E-state index contributed by atoms with van der Waals surface area (Å²) in [6, 6.07) is 0. The Hall–Kier alpha value is -0.610. The minimum atomic E-state index is 0.136. The summed E-state index contributed by atoms with van der Waals surface area (Å²) >= 11 is 0. The third kappa shape index (κ3) is 4.77. The Labute approximate surface area is 118 Å². The van der Waals surface area contributed by atoms with E-state index < -0.39 is 0 Å². The molecule has 19 heavy (non-hydrogen) atoms. The second kappa shape index (κ2) is 7.25. The summed E-state index contributed by atoms with van der Waals surface area (Å²) in [5.74, 6) is 1.15. The van der Waals surface area contributed by atoms with Crippen LogP contribution >= 0.6 is 0 Å². The first-order valence-corrected chi connectivity index (χ1v) is 7.54. The van der Waals surface area contributed by atoms with Crippen molar-refractivity contribution in [3.05, 3.63) is 0 Å². The smallest absolute Gasteiger partial charge is 0.220 e. The molecule has 4 nitrogen and oxygen atoms in total. The average molecular weight is 269 g/mol. The number of nitrogens with zero attached hydrogens (tertiary/aromatic N) is 1. The van der Waals surface area contributed by atoms with E-state index >= 15 is 0 Å². The monoisotopic (exact) mass is 269 g/mol. The van der Waals surface area contributed by atoms with Gasteiger partial charge < -0.3 is 16.0 Å². The summed E-state index contributed by atoms with van der Waals surface area (Å²) in [4.78, 5) is 14.2. The first kappa shape index (κ1) is 16.4. The van der Waals surface area contributed by atoms with E-state index in [0.717, 1.165) is 12.5 Å². The minimum Gasteiger partial charge on any atom is -0.354 e. The van der Waals surface area contributed by atoms with Crippen molar-refractivity contribution in [2.45, 2.75) is 51.5 Å². The van der Waals surface area contributed by atoms with Gasteiger partial charge in [-0.1, -0.05) is 26.7 Å². The van der Waals surface area contributed by atoms with Crippen molar-refractivity contribution < 1.29 is 4.79 Å². The van der Waals surface area contributed by atoms with Crippen LogP contribution < -0.4 is 11.1 Å². The van der Waals surface area contributed by atoms with Crippen molar-refractivity contribution in [2.24, 2.45) is 17.6 Å².